The Balaban J connectivity index is 1.91. The number of methoxy groups -OCH3 is 1. The number of ether oxygens (including phenoxy) is 1. The summed E-state index contributed by atoms with van der Waals surface area (Å²) in [5, 5.41) is 13.4. The van der Waals surface area contributed by atoms with Gasteiger partial charge < -0.3 is 9.84 Å². The van der Waals surface area contributed by atoms with Crippen LogP contribution in [-0.4, -0.2) is 23.9 Å². The molecule has 1 saturated heterocycles. The summed E-state index contributed by atoms with van der Waals surface area (Å²) in [4.78, 5) is 28.1. The Kier molecular flexibility index (Phi) is 5.13. The van der Waals surface area contributed by atoms with Gasteiger partial charge in [-0.2, -0.15) is 0 Å². The van der Waals surface area contributed by atoms with Crippen LogP contribution in [0, 0.1) is 0 Å². The fourth-order valence-electron chi connectivity index (χ4n) is 3.34. The van der Waals surface area contributed by atoms with E-state index in [1.165, 1.54) is 23.3 Å². The summed E-state index contributed by atoms with van der Waals surface area (Å²) in [7, 11) is 1.52. The highest BCUT2D eigenvalue weighted by Gasteiger charge is 2.47. The first-order valence-electron chi connectivity index (χ1n) is 8.75. The van der Waals surface area contributed by atoms with E-state index in [0.717, 1.165) is 4.88 Å². The topological polar surface area (TPSA) is 66.8 Å². The number of thiophene rings is 1. The van der Waals surface area contributed by atoms with E-state index >= 15 is 0 Å². The molecule has 2 heterocycles. The van der Waals surface area contributed by atoms with E-state index in [1.54, 1.807) is 48.5 Å². The zero-order chi connectivity index (χ0) is 20.5. The fourth-order valence-corrected chi connectivity index (χ4v) is 4.29. The lowest BCUT2D eigenvalue weighted by Crippen LogP contribution is -2.29. The minimum absolute atomic E-state index is 0.0423. The molecule has 1 fully saturated rings. The van der Waals surface area contributed by atoms with E-state index in [4.69, 9.17) is 16.3 Å². The van der Waals surface area contributed by atoms with Crippen molar-refractivity contribution in [3.05, 3.63) is 87.1 Å². The van der Waals surface area contributed by atoms with Gasteiger partial charge in [-0.25, -0.2) is 0 Å². The van der Waals surface area contributed by atoms with Crippen molar-refractivity contribution < 1.29 is 19.4 Å². The standard InChI is InChI=1S/C22H16ClNO4S/c1-28-16-5-2-4-13(12-16)20(25)18-19(17-6-3-11-29-17)24(22(27)21(18)26)15-9-7-14(23)8-10-15/h2-12,19,25H,1H3/b20-18-. The van der Waals surface area contributed by atoms with Crippen molar-refractivity contribution in [2.45, 2.75) is 6.04 Å². The first-order chi connectivity index (χ1) is 14.0. The zero-order valence-electron chi connectivity index (χ0n) is 15.3. The van der Waals surface area contributed by atoms with Gasteiger partial charge in [-0.3, -0.25) is 14.5 Å². The van der Waals surface area contributed by atoms with Crippen molar-refractivity contribution in [2.24, 2.45) is 0 Å². The SMILES string of the molecule is COc1cccc(/C(O)=C2/C(=O)C(=O)N(c3ccc(Cl)cc3)C2c2cccs2)c1. The summed E-state index contributed by atoms with van der Waals surface area (Å²) < 4.78 is 5.21. The summed E-state index contributed by atoms with van der Waals surface area (Å²) in [5.74, 6) is -1.14. The molecule has 7 heteroatoms. The molecule has 146 valence electrons. The maximum absolute atomic E-state index is 13.0. The van der Waals surface area contributed by atoms with Gasteiger partial charge in [-0.1, -0.05) is 29.8 Å². The second-order valence-corrected chi connectivity index (χ2v) is 7.81. The number of hydrogen-bond donors (Lipinski definition) is 1. The third-order valence-electron chi connectivity index (χ3n) is 4.71. The highest BCUT2D eigenvalue weighted by Crippen LogP contribution is 2.43. The number of Topliss-reactive ketones (excluding diaryl/α,β-unsaturated/α-hetero) is 1. The van der Waals surface area contributed by atoms with Gasteiger partial charge in [0.25, 0.3) is 11.7 Å². The smallest absolute Gasteiger partial charge is 0.300 e. The molecule has 0 saturated carbocycles. The number of aliphatic hydroxyl groups is 1. The third kappa shape index (κ3) is 3.41. The summed E-state index contributed by atoms with van der Waals surface area (Å²) >= 11 is 7.39. The minimum Gasteiger partial charge on any atom is -0.507 e. The predicted octanol–water partition coefficient (Wildman–Crippen LogP) is 5.04. The van der Waals surface area contributed by atoms with Gasteiger partial charge in [0.2, 0.25) is 0 Å². The zero-order valence-corrected chi connectivity index (χ0v) is 16.9. The second-order valence-electron chi connectivity index (χ2n) is 6.39. The Hall–Kier alpha value is -3.09. The maximum atomic E-state index is 13.0. The number of hydrogen-bond acceptors (Lipinski definition) is 5. The van der Waals surface area contributed by atoms with Gasteiger partial charge >= 0.3 is 0 Å². The van der Waals surface area contributed by atoms with Crippen LogP contribution in [-0.2, 0) is 9.59 Å². The van der Waals surface area contributed by atoms with Gasteiger partial charge in [0.15, 0.2) is 0 Å². The number of anilines is 1. The Labute approximate surface area is 176 Å². The largest absolute Gasteiger partial charge is 0.507 e. The van der Waals surface area contributed by atoms with Crippen LogP contribution in [0.1, 0.15) is 16.5 Å². The van der Waals surface area contributed by atoms with Crippen LogP contribution < -0.4 is 9.64 Å². The Morgan fingerprint density at radius 1 is 1.10 bits per heavy atom. The van der Waals surface area contributed by atoms with Crippen LogP contribution in [0.3, 0.4) is 0 Å². The van der Waals surface area contributed by atoms with E-state index in [9.17, 15) is 14.7 Å². The summed E-state index contributed by atoms with van der Waals surface area (Å²) in [6, 6.07) is 16.4. The average Bonchev–Trinajstić information content (AvgIpc) is 3.36. The van der Waals surface area contributed by atoms with Crippen LogP contribution in [0.2, 0.25) is 5.02 Å². The van der Waals surface area contributed by atoms with Crippen LogP contribution in [0.25, 0.3) is 5.76 Å². The molecule has 0 bridgehead atoms. The number of nitrogens with zero attached hydrogens (tertiary/aromatic N) is 1. The molecule has 5 nitrogen and oxygen atoms in total. The molecule has 1 aliphatic heterocycles. The first-order valence-corrected chi connectivity index (χ1v) is 10.0. The van der Waals surface area contributed by atoms with Gasteiger partial charge in [-0.15, -0.1) is 11.3 Å². The predicted molar refractivity (Wildman–Crippen MR) is 114 cm³/mol. The molecular formula is C22H16ClNO4S. The Bertz CT molecular complexity index is 1110. The molecule has 29 heavy (non-hydrogen) atoms. The average molecular weight is 426 g/mol. The fraction of sp³-hybridized carbons (Fsp3) is 0.0909. The van der Waals surface area contributed by atoms with Crippen LogP contribution in [0.15, 0.2) is 71.6 Å². The van der Waals surface area contributed by atoms with Gasteiger partial charge in [0, 0.05) is 21.2 Å². The number of carbonyl (C=O) groups is 2. The molecule has 1 amide bonds. The molecule has 0 aliphatic carbocycles. The molecule has 2 aromatic carbocycles. The third-order valence-corrected chi connectivity index (χ3v) is 5.88. The molecular weight excluding hydrogens is 410 g/mol. The minimum atomic E-state index is -0.737. The molecule has 0 radical (unpaired) electrons. The first kappa shape index (κ1) is 19.2. The van der Waals surface area contributed by atoms with Gasteiger partial charge in [0.1, 0.15) is 17.6 Å². The number of amides is 1. The Morgan fingerprint density at radius 2 is 1.86 bits per heavy atom. The van der Waals surface area contributed by atoms with Crippen molar-refractivity contribution in [3.8, 4) is 5.75 Å². The number of carbonyl (C=O) groups excluding carboxylic acids is 2. The lowest BCUT2D eigenvalue weighted by molar-refractivity contribution is -0.132. The molecule has 1 atom stereocenters. The van der Waals surface area contributed by atoms with Gasteiger partial charge in [0.05, 0.1) is 12.7 Å². The number of aliphatic hydroxyl groups excluding tert-OH is 1. The molecule has 3 aromatic rings. The van der Waals surface area contributed by atoms with E-state index in [-0.39, 0.29) is 11.3 Å². The maximum Gasteiger partial charge on any atom is 0.300 e. The number of benzene rings is 2. The summed E-state index contributed by atoms with van der Waals surface area (Å²) in [6.07, 6.45) is 0. The highest BCUT2D eigenvalue weighted by atomic mass is 35.5. The Morgan fingerprint density at radius 3 is 2.52 bits per heavy atom. The lowest BCUT2D eigenvalue weighted by atomic mass is 9.99. The van der Waals surface area contributed by atoms with E-state index in [2.05, 4.69) is 0 Å². The van der Waals surface area contributed by atoms with Crippen LogP contribution >= 0.6 is 22.9 Å². The van der Waals surface area contributed by atoms with Gasteiger partial charge in [-0.05, 0) is 47.8 Å². The monoisotopic (exact) mass is 425 g/mol. The van der Waals surface area contributed by atoms with Crippen molar-refractivity contribution in [3.63, 3.8) is 0 Å². The summed E-state index contributed by atoms with van der Waals surface area (Å²) in [5.41, 5.74) is 0.972. The molecule has 1 unspecified atom stereocenters. The highest BCUT2D eigenvalue weighted by molar-refractivity contribution is 7.10. The van der Waals surface area contributed by atoms with Crippen molar-refractivity contribution in [1.82, 2.24) is 0 Å². The van der Waals surface area contributed by atoms with Crippen molar-refractivity contribution >= 4 is 46.1 Å². The second kappa shape index (κ2) is 7.73. The summed E-state index contributed by atoms with van der Waals surface area (Å²) in [6.45, 7) is 0. The van der Waals surface area contributed by atoms with Crippen molar-refractivity contribution in [2.75, 3.05) is 12.0 Å². The normalized spacial score (nSPS) is 18.3. The van der Waals surface area contributed by atoms with Crippen LogP contribution in [0.5, 0.6) is 5.75 Å². The number of ketones is 1. The van der Waals surface area contributed by atoms with E-state index in [1.807, 2.05) is 17.5 Å². The number of rotatable bonds is 4. The van der Waals surface area contributed by atoms with Crippen LogP contribution in [0.4, 0.5) is 5.69 Å². The van der Waals surface area contributed by atoms with E-state index < -0.39 is 17.7 Å². The molecule has 1 aliphatic rings. The van der Waals surface area contributed by atoms with Crippen molar-refractivity contribution in [1.29, 1.82) is 0 Å². The molecule has 0 spiro atoms. The molecule has 1 aromatic heterocycles. The quantitative estimate of drug-likeness (QED) is 0.361. The van der Waals surface area contributed by atoms with E-state index in [0.29, 0.717) is 22.0 Å². The lowest BCUT2D eigenvalue weighted by Gasteiger charge is -2.24. The molecule has 4 rings (SSSR count). The number of halogens is 1. The molecule has 1 N–H and O–H groups in total.